The molecule has 0 aromatic rings. The Kier molecular flexibility index (Phi) is 8.14. The molecular formula is C7H12I3. The Bertz CT molecular complexity index is 75.4. The van der Waals surface area contributed by atoms with Crippen LogP contribution in [0.2, 0.25) is 0 Å². The van der Waals surface area contributed by atoms with Crippen LogP contribution in [0.1, 0.15) is 32.1 Å². The zero-order chi connectivity index (χ0) is 8.04. The highest BCUT2D eigenvalue weighted by Crippen LogP contribution is 2.40. The number of halogens is 3. The molecule has 0 aromatic carbocycles. The lowest BCUT2D eigenvalue weighted by atomic mass is 10.2. The van der Waals surface area contributed by atoms with Gasteiger partial charge in [0.25, 0.3) is 0 Å². The van der Waals surface area contributed by atoms with Crippen molar-refractivity contribution in [2.45, 2.75) is 31.5 Å². The molecule has 0 spiro atoms. The number of hydrogen-bond donors (Lipinski definition) is 0. The maximum atomic E-state index is 3.81. The van der Waals surface area contributed by atoms with Crippen molar-refractivity contribution in [3.8, 4) is 0 Å². The highest BCUT2D eigenvalue weighted by molar-refractivity contribution is 14.3. The molecule has 0 aliphatic rings. The molecule has 0 aromatic heterocycles. The van der Waals surface area contributed by atoms with Gasteiger partial charge in [-0.2, -0.15) is 0 Å². The first-order valence-corrected chi connectivity index (χ1v) is 6.66. The van der Waals surface area contributed by atoms with Gasteiger partial charge in [0.1, 0.15) is -0.565 Å². The highest BCUT2D eigenvalue weighted by Gasteiger charge is 2.15. The third kappa shape index (κ3) is 10.2. The van der Waals surface area contributed by atoms with Crippen LogP contribution in [0.15, 0.2) is 0 Å². The molecule has 0 aliphatic heterocycles. The second-order valence-corrected chi connectivity index (χ2v) is 14.0. The van der Waals surface area contributed by atoms with Crippen LogP contribution in [0, 0.1) is 6.92 Å². The summed E-state index contributed by atoms with van der Waals surface area (Å²) in [5, 5.41) is 0. The summed E-state index contributed by atoms with van der Waals surface area (Å²) in [4.78, 5) is 0. The third-order valence-corrected chi connectivity index (χ3v) is 2.83. The van der Waals surface area contributed by atoms with Crippen molar-refractivity contribution in [2.24, 2.45) is 0 Å². The van der Waals surface area contributed by atoms with Crippen LogP contribution in [-0.2, 0) is 0 Å². The van der Waals surface area contributed by atoms with Crippen molar-refractivity contribution in [3.05, 3.63) is 6.92 Å². The van der Waals surface area contributed by atoms with Crippen LogP contribution in [-0.4, -0.2) is -0.565 Å². The van der Waals surface area contributed by atoms with Crippen LogP contribution in [0.25, 0.3) is 0 Å². The van der Waals surface area contributed by atoms with Crippen LogP contribution in [0.5, 0.6) is 0 Å². The molecule has 0 heterocycles. The first kappa shape index (κ1) is 12.2. The van der Waals surface area contributed by atoms with Gasteiger partial charge in [0.15, 0.2) is 0 Å². The first-order valence-electron chi connectivity index (χ1n) is 3.42. The molecule has 0 amide bonds. The molecule has 0 rings (SSSR count). The molecule has 1 radical (unpaired) electrons. The fourth-order valence-electron chi connectivity index (χ4n) is 0.679. The highest BCUT2D eigenvalue weighted by atomic mass is 127. The Labute approximate surface area is 105 Å². The molecule has 0 aliphatic carbocycles. The molecule has 61 valence electrons. The number of hydrogen-bond acceptors (Lipinski definition) is 0. The largest absolute Gasteiger partial charge is 0.124 e. The van der Waals surface area contributed by atoms with Gasteiger partial charge in [0.2, 0.25) is 0 Å². The van der Waals surface area contributed by atoms with E-state index in [9.17, 15) is 0 Å². The summed E-state index contributed by atoms with van der Waals surface area (Å²) in [7, 11) is 0. The summed E-state index contributed by atoms with van der Waals surface area (Å²) in [6.45, 7) is 3.81. The topological polar surface area (TPSA) is 0 Å². The molecule has 0 unspecified atom stereocenters. The summed E-state index contributed by atoms with van der Waals surface area (Å²) < 4.78 is 0.439. The van der Waals surface area contributed by atoms with Crippen molar-refractivity contribution in [3.63, 3.8) is 0 Å². The van der Waals surface area contributed by atoms with E-state index < -0.39 is 0 Å². The Morgan fingerprint density at radius 3 is 2.00 bits per heavy atom. The Balaban J connectivity index is 3.04. The monoisotopic (exact) mass is 477 g/mol. The van der Waals surface area contributed by atoms with Crippen molar-refractivity contribution in [2.75, 3.05) is 0 Å². The van der Waals surface area contributed by atoms with E-state index in [1.807, 2.05) is 0 Å². The minimum atomic E-state index is 0.439. The second kappa shape index (κ2) is 6.68. The van der Waals surface area contributed by atoms with Gasteiger partial charge in [-0.3, -0.25) is 0 Å². The molecule has 0 nitrogen and oxygen atoms in total. The normalized spacial score (nSPS) is 12.0. The lowest BCUT2D eigenvalue weighted by Crippen LogP contribution is -1.97. The lowest BCUT2D eigenvalue weighted by molar-refractivity contribution is 0.674. The van der Waals surface area contributed by atoms with Crippen molar-refractivity contribution >= 4 is 67.8 Å². The van der Waals surface area contributed by atoms with E-state index in [4.69, 9.17) is 0 Å². The minimum Gasteiger partial charge on any atom is -0.0554 e. The predicted octanol–water partition coefficient (Wildman–Crippen LogP) is 4.73. The molecule has 0 atom stereocenters. The standard InChI is InChI=1S/C7H12I3/c1-2-3-4-5-6-7(8,9)10/h1-6H2. The van der Waals surface area contributed by atoms with Crippen LogP contribution >= 0.6 is 67.8 Å². The molecule has 0 bridgehead atoms. The Hall–Kier alpha value is 2.19. The van der Waals surface area contributed by atoms with Crippen molar-refractivity contribution in [1.29, 1.82) is 0 Å². The van der Waals surface area contributed by atoms with Gasteiger partial charge < -0.3 is 0 Å². The van der Waals surface area contributed by atoms with Gasteiger partial charge in [-0.05, 0) is 6.42 Å². The molecule has 10 heavy (non-hydrogen) atoms. The Morgan fingerprint density at radius 1 is 1.00 bits per heavy atom. The fourth-order valence-corrected chi connectivity index (χ4v) is 1.82. The molecular weight excluding hydrogens is 465 g/mol. The summed E-state index contributed by atoms with van der Waals surface area (Å²) >= 11 is 7.46. The van der Waals surface area contributed by atoms with Crippen molar-refractivity contribution < 1.29 is 0 Å². The summed E-state index contributed by atoms with van der Waals surface area (Å²) in [6, 6.07) is 0. The van der Waals surface area contributed by atoms with Gasteiger partial charge >= 0.3 is 0 Å². The van der Waals surface area contributed by atoms with Gasteiger partial charge in [-0.15, -0.1) is 0 Å². The van der Waals surface area contributed by atoms with Gasteiger partial charge in [0, 0.05) is 0 Å². The first-order chi connectivity index (χ1) is 4.56. The van der Waals surface area contributed by atoms with E-state index in [0.717, 1.165) is 6.42 Å². The van der Waals surface area contributed by atoms with Gasteiger partial charge in [0.05, 0.1) is 0 Å². The average Bonchev–Trinajstić information content (AvgIpc) is 1.78. The van der Waals surface area contributed by atoms with Gasteiger partial charge in [-0.25, -0.2) is 0 Å². The zero-order valence-corrected chi connectivity index (χ0v) is 12.3. The maximum absolute atomic E-state index is 3.81. The smallest absolute Gasteiger partial charge is 0.0554 e. The summed E-state index contributed by atoms with van der Waals surface area (Å²) in [5.41, 5.74) is 0. The number of alkyl halides is 3. The van der Waals surface area contributed by atoms with E-state index >= 15 is 0 Å². The maximum Gasteiger partial charge on any atom is 0.124 e. The van der Waals surface area contributed by atoms with E-state index in [1.54, 1.807) is 0 Å². The molecule has 0 saturated carbocycles. The van der Waals surface area contributed by atoms with Gasteiger partial charge in [-0.1, -0.05) is 100 Å². The van der Waals surface area contributed by atoms with E-state index in [-0.39, 0.29) is 0 Å². The molecule has 0 N–H and O–H groups in total. The third-order valence-electron chi connectivity index (χ3n) is 1.21. The quantitative estimate of drug-likeness (QED) is 0.306. The minimum absolute atomic E-state index is 0.439. The predicted molar refractivity (Wildman–Crippen MR) is 73.2 cm³/mol. The van der Waals surface area contributed by atoms with Crippen LogP contribution in [0.3, 0.4) is 0 Å². The fraction of sp³-hybridized carbons (Fsp3) is 0.857. The van der Waals surface area contributed by atoms with E-state index in [1.165, 1.54) is 25.7 Å². The number of rotatable bonds is 5. The van der Waals surface area contributed by atoms with E-state index in [2.05, 4.69) is 74.7 Å². The van der Waals surface area contributed by atoms with E-state index in [0.29, 0.717) is -0.565 Å². The Morgan fingerprint density at radius 2 is 1.60 bits per heavy atom. The molecule has 0 saturated heterocycles. The number of unbranched alkanes of at least 4 members (excludes halogenated alkanes) is 3. The summed E-state index contributed by atoms with van der Waals surface area (Å²) in [5.74, 6) is 0. The van der Waals surface area contributed by atoms with Crippen LogP contribution < -0.4 is 0 Å². The zero-order valence-electron chi connectivity index (χ0n) is 5.88. The summed E-state index contributed by atoms with van der Waals surface area (Å²) in [6.07, 6.45) is 6.40. The average molecular weight is 477 g/mol. The molecule has 3 heteroatoms. The lowest BCUT2D eigenvalue weighted by Gasteiger charge is -2.10. The SMILES string of the molecule is [CH2]CCCCCC(I)(I)I. The second-order valence-electron chi connectivity index (χ2n) is 2.28. The van der Waals surface area contributed by atoms with Crippen LogP contribution in [0.4, 0.5) is 0 Å². The molecule has 0 fully saturated rings. The van der Waals surface area contributed by atoms with Crippen molar-refractivity contribution in [1.82, 2.24) is 0 Å².